The lowest BCUT2D eigenvalue weighted by atomic mass is 10.0. The fraction of sp³-hybridized carbons (Fsp3) is 0.286. The molecule has 0 radical (unpaired) electrons. The third-order valence-electron chi connectivity index (χ3n) is 5.79. The van der Waals surface area contributed by atoms with Crippen molar-refractivity contribution >= 4 is 17.5 Å². The first-order valence-corrected chi connectivity index (χ1v) is 12.1. The van der Waals surface area contributed by atoms with Gasteiger partial charge in [-0.2, -0.15) is 0 Å². The van der Waals surface area contributed by atoms with Crippen molar-refractivity contribution in [3.05, 3.63) is 83.6 Å². The van der Waals surface area contributed by atoms with E-state index in [1.807, 2.05) is 73.8 Å². The van der Waals surface area contributed by atoms with Crippen LogP contribution in [0, 0.1) is 0 Å². The van der Waals surface area contributed by atoms with E-state index in [1.54, 1.807) is 14.2 Å². The molecule has 0 saturated carbocycles. The van der Waals surface area contributed by atoms with Gasteiger partial charge in [0.05, 0.1) is 24.4 Å². The van der Waals surface area contributed by atoms with Gasteiger partial charge in [0, 0.05) is 30.8 Å². The summed E-state index contributed by atoms with van der Waals surface area (Å²) in [4.78, 5) is 18.6. The number of nitrogens with zero attached hydrogens (tertiary/aromatic N) is 4. The largest absolute Gasteiger partial charge is 0.496 e. The molecule has 1 heterocycles. The predicted molar refractivity (Wildman–Crippen MR) is 149 cm³/mol. The van der Waals surface area contributed by atoms with Gasteiger partial charge in [-0.3, -0.25) is 15.0 Å². The fourth-order valence-corrected chi connectivity index (χ4v) is 3.78. The van der Waals surface area contributed by atoms with Gasteiger partial charge in [0.25, 0.3) is 0 Å². The van der Waals surface area contributed by atoms with Gasteiger partial charge in [-0.1, -0.05) is 55.8 Å². The molecule has 3 rings (SSSR count). The summed E-state index contributed by atoms with van der Waals surface area (Å²) in [5.41, 5.74) is 13.3. The topological polar surface area (TPSA) is 123 Å². The number of methoxy groups -OCH3 is 1. The van der Waals surface area contributed by atoms with Crippen LogP contribution in [0.5, 0.6) is 5.75 Å². The van der Waals surface area contributed by atoms with E-state index in [9.17, 15) is 0 Å². The molecule has 8 nitrogen and oxygen atoms in total. The third-order valence-corrected chi connectivity index (χ3v) is 5.79. The molecule has 0 aliphatic heterocycles. The lowest BCUT2D eigenvalue weighted by Gasteiger charge is -2.14. The molecule has 0 aliphatic rings. The van der Waals surface area contributed by atoms with Crippen molar-refractivity contribution in [3.63, 3.8) is 0 Å². The third kappa shape index (κ3) is 6.55. The minimum Gasteiger partial charge on any atom is -0.496 e. The molecule has 0 fully saturated rings. The first-order chi connectivity index (χ1) is 17.5. The fourth-order valence-electron chi connectivity index (χ4n) is 3.78. The van der Waals surface area contributed by atoms with E-state index in [0.29, 0.717) is 23.3 Å². The highest BCUT2D eigenvalue weighted by molar-refractivity contribution is 6.08. The van der Waals surface area contributed by atoms with Crippen molar-refractivity contribution in [1.82, 2.24) is 10.4 Å². The normalized spacial score (nSPS) is 13.4. The monoisotopic (exact) mass is 485 g/mol. The molecule has 36 heavy (non-hydrogen) atoms. The maximum Gasteiger partial charge on any atom is 0.160 e. The molecule has 3 aromatic rings. The lowest BCUT2D eigenvalue weighted by Crippen LogP contribution is -2.31. The Kier molecular flexibility index (Phi) is 9.71. The zero-order chi connectivity index (χ0) is 25.9. The number of pyridine rings is 1. The number of nitrogens with one attached hydrogen (secondary N) is 1. The number of hydrogen-bond donors (Lipinski definition) is 3. The summed E-state index contributed by atoms with van der Waals surface area (Å²) in [5.74, 6) is 8.05. The molecule has 0 aliphatic carbocycles. The molecule has 0 spiro atoms. The zero-order valence-corrected chi connectivity index (χ0v) is 21.4. The molecular formula is C28H35N7O. The average molecular weight is 486 g/mol. The van der Waals surface area contributed by atoms with Crippen LogP contribution in [-0.4, -0.2) is 36.6 Å². The Labute approximate surface area is 213 Å². The summed E-state index contributed by atoms with van der Waals surface area (Å²) in [7, 11) is 3.33. The van der Waals surface area contributed by atoms with Crippen molar-refractivity contribution in [2.75, 3.05) is 14.2 Å². The summed E-state index contributed by atoms with van der Waals surface area (Å²) < 4.78 is 5.56. The van der Waals surface area contributed by atoms with Gasteiger partial charge in [0.15, 0.2) is 5.84 Å². The van der Waals surface area contributed by atoms with E-state index in [1.165, 1.54) is 0 Å². The van der Waals surface area contributed by atoms with E-state index in [-0.39, 0.29) is 6.04 Å². The van der Waals surface area contributed by atoms with Gasteiger partial charge < -0.3 is 15.9 Å². The number of rotatable bonds is 9. The highest BCUT2D eigenvalue weighted by Crippen LogP contribution is 2.26. The molecule has 0 bridgehead atoms. The quantitative estimate of drug-likeness (QED) is 0.176. The van der Waals surface area contributed by atoms with E-state index in [2.05, 4.69) is 22.3 Å². The van der Waals surface area contributed by atoms with Crippen LogP contribution in [0.2, 0.25) is 0 Å². The second kappa shape index (κ2) is 13.2. The number of hydrogen-bond acceptors (Lipinski definition) is 5. The van der Waals surface area contributed by atoms with Crippen LogP contribution in [0.1, 0.15) is 55.8 Å². The van der Waals surface area contributed by atoms with Crippen LogP contribution in [0.3, 0.4) is 0 Å². The summed E-state index contributed by atoms with van der Waals surface area (Å²) in [6.07, 6.45) is 4.57. The average Bonchev–Trinajstić information content (AvgIpc) is 2.92. The van der Waals surface area contributed by atoms with Crippen LogP contribution in [0.15, 0.2) is 81.8 Å². The van der Waals surface area contributed by atoms with E-state index >= 15 is 0 Å². The van der Waals surface area contributed by atoms with E-state index in [4.69, 9.17) is 26.3 Å². The van der Waals surface area contributed by atoms with Gasteiger partial charge in [0.1, 0.15) is 17.4 Å². The van der Waals surface area contributed by atoms with Crippen molar-refractivity contribution in [3.8, 4) is 17.0 Å². The van der Waals surface area contributed by atoms with Gasteiger partial charge in [-0.15, -0.1) is 0 Å². The predicted octanol–water partition coefficient (Wildman–Crippen LogP) is 4.65. The summed E-state index contributed by atoms with van der Waals surface area (Å²) >= 11 is 0. The molecule has 1 atom stereocenters. The number of benzene rings is 2. The molecule has 0 amide bonds. The van der Waals surface area contributed by atoms with E-state index in [0.717, 1.165) is 47.2 Å². The van der Waals surface area contributed by atoms with Crippen LogP contribution in [-0.2, 0) is 0 Å². The Morgan fingerprint density at radius 1 is 1.06 bits per heavy atom. The maximum absolute atomic E-state index is 6.24. The van der Waals surface area contributed by atoms with Gasteiger partial charge in [0.2, 0.25) is 0 Å². The van der Waals surface area contributed by atoms with Crippen LogP contribution < -0.4 is 21.7 Å². The van der Waals surface area contributed by atoms with Crippen LogP contribution in [0.25, 0.3) is 11.3 Å². The molecule has 5 N–H and O–H groups in total. The Hall–Kier alpha value is -4.04. The first kappa shape index (κ1) is 26.6. The number of nitrogens with two attached hydrogens (primary N) is 2. The molecule has 1 unspecified atom stereocenters. The molecule has 2 aromatic carbocycles. The number of hydrazine groups is 1. The minimum absolute atomic E-state index is 0.206. The maximum atomic E-state index is 6.24. The Morgan fingerprint density at radius 3 is 2.42 bits per heavy atom. The summed E-state index contributed by atoms with van der Waals surface area (Å²) in [6, 6.07) is 19.4. The summed E-state index contributed by atoms with van der Waals surface area (Å²) in [6.45, 7) is 4.14. The number of para-hydroxylation sites is 1. The minimum atomic E-state index is -0.206. The highest BCUT2D eigenvalue weighted by atomic mass is 16.5. The second-order valence-corrected chi connectivity index (χ2v) is 8.27. The lowest BCUT2D eigenvalue weighted by molar-refractivity contribution is 0.414. The second-order valence-electron chi connectivity index (χ2n) is 8.27. The first-order valence-electron chi connectivity index (χ1n) is 12.1. The standard InChI is InChI=1S/C28H35N7O/c1-5-6-15-26(29)34-28(23-13-9-10-14-25(23)36-4)33-19(2)20-16-17-24(32-18-20)21-11-7-8-12-22(21)27(31-3)35-30/h7-14,16-19H,5-6,15,30H2,1-4H3,(H,31,35)(H2,29,33,34). The number of amidine groups is 3. The zero-order valence-electron chi connectivity index (χ0n) is 21.4. The Morgan fingerprint density at radius 2 is 1.78 bits per heavy atom. The highest BCUT2D eigenvalue weighted by Gasteiger charge is 2.15. The molecule has 0 saturated heterocycles. The van der Waals surface area contributed by atoms with Crippen molar-refractivity contribution in [2.45, 2.75) is 39.2 Å². The van der Waals surface area contributed by atoms with Gasteiger partial charge in [-0.05, 0) is 37.1 Å². The number of aromatic nitrogens is 1. The molecule has 188 valence electrons. The molecular weight excluding hydrogens is 450 g/mol. The number of unbranched alkanes of at least 4 members (excludes halogenated alkanes) is 1. The van der Waals surface area contributed by atoms with Crippen LogP contribution >= 0.6 is 0 Å². The van der Waals surface area contributed by atoms with Crippen molar-refractivity contribution in [2.24, 2.45) is 26.6 Å². The number of ether oxygens (including phenoxy) is 1. The smallest absolute Gasteiger partial charge is 0.160 e. The number of aliphatic imine (C=N–C) groups is 3. The van der Waals surface area contributed by atoms with Crippen molar-refractivity contribution < 1.29 is 4.74 Å². The van der Waals surface area contributed by atoms with Crippen molar-refractivity contribution in [1.29, 1.82) is 0 Å². The van der Waals surface area contributed by atoms with Crippen LogP contribution in [0.4, 0.5) is 0 Å². The molecule has 1 aromatic heterocycles. The van der Waals surface area contributed by atoms with Gasteiger partial charge in [-0.25, -0.2) is 10.8 Å². The van der Waals surface area contributed by atoms with E-state index < -0.39 is 0 Å². The van der Waals surface area contributed by atoms with Gasteiger partial charge >= 0.3 is 0 Å². The SMILES string of the molecule is CCCCC(N)=NC(=NC(C)c1ccc(-c2ccccc2C(=NC)NN)nc1)c1ccccc1OC. The Balaban J connectivity index is 1.97. The summed E-state index contributed by atoms with van der Waals surface area (Å²) in [5, 5.41) is 0. The molecule has 8 heteroatoms. The Bertz CT molecular complexity index is 1230.